The molecule has 318 valence electrons. The minimum Gasteiger partial charge on any atom is -0.140 e. The van der Waals surface area contributed by atoms with E-state index in [9.17, 15) is 0 Å². The number of hydrogen-bond donors (Lipinski definition) is 0. The molecule has 1 aromatic carbocycles. The highest BCUT2D eigenvalue weighted by atomic mass is 32.1. The summed E-state index contributed by atoms with van der Waals surface area (Å²) in [6.07, 6.45) is 0. The topological polar surface area (TPSA) is 0 Å². The molecule has 0 unspecified atom stereocenters. The Morgan fingerprint density at radius 2 is 0.317 bits per heavy atom. The summed E-state index contributed by atoms with van der Waals surface area (Å²) >= 11 is 11.9. The summed E-state index contributed by atoms with van der Waals surface area (Å²) in [4.78, 5) is 16.5. The Morgan fingerprint density at radius 1 is 0.200 bits per heavy atom. The smallest absolute Gasteiger partial charge is 0.0359 e. The Bertz CT molecular complexity index is 2150. The maximum atomic E-state index is 2.45. The maximum absolute atomic E-state index is 2.45. The first-order valence-corrected chi connectivity index (χ1v) is 26.3. The molecule has 0 amide bonds. The molecule has 0 saturated carbocycles. The third kappa shape index (κ3) is 8.95. The Hall–Kier alpha value is -2.58. The lowest BCUT2D eigenvalue weighted by molar-refractivity contribution is 0.603. The van der Waals surface area contributed by atoms with E-state index < -0.39 is 0 Å². The van der Waals surface area contributed by atoms with Crippen LogP contribution in [0.15, 0.2) is 72.8 Å². The number of thiophene rings is 6. The van der Waals surface area contributed by atoms with Crippen molar-refractivity contribution in [3.63, 3.8) is 0 Å². The molecule has 0 radical (unpaired) electrons. The van der Waals surface area contributed by atoms with Crippen molar-refractivity contribution in [3.05, 3.63) is 102 Å². The normalized spacial score (nSPS) is 13.5. The first kappa shape index (κ1) is 45.4. The highest BCUT2D eigenvalue weighted by molar-refractivity contribution is 7.19. The zero-order valence-electron chi connectivity index (χ0n) is 39.4. The average molecular weight is 908 g/mol. The molecule has 0 N–H and O–H groups in total. The van der Waals surface area contributed by atoms with Gasteiger partial charge in [0.1, 0.15) is 0 Å². The number of benzene rings is 1. The summed E-state index contributed by atoms with van der Waals surface area (Å²) in [5.41, 5.74) is 8.43. The van der Waals surface area contributed by atoms with Crippen LogP contribution in [0.4, 0.5) is 0 Å². The van der Waals surface area contributed by atoms with Gasteiger partial charge in [0.2, 0.25) is 0 Å². The predicted octanol–water partition coefficient (Wildman–Crippen LogP) is 19.8. The van der Waals surface area contributed by atoms with E-state index in [1.807, 2.05) is 68.0 Å². The van der Waals surface area contributed by atoms with E-state index in [4.69, 9.17) is 0 Å². The molecule has 0 saturated heterocycles. The van der Waals surface area contributed by atoms with E-state index in [1.165, 1.54) is 91.9 Å². The summed E-state index contributed by atoms with van der Waals surface area (Å²) in [6.45, 7) is 42.4. The van der Waals surface area contributed by atoms with Crippen LogP contribution >= 0.6 is 68.0 Å². The fourth-order valence-electron chi connectivity index (χ4n) is 7.48. The van der Waals surface area contributed by atoms with Crippen LogP contribution < -0.4 is 0 Å². The molecule has 7 aromatic rings. The van der Waals surface area contributed by atoms with Crippen LogP contribution in [0.25, 0.3) is 62.6 Å². The number of hydrogen-bond acceptors (Lipinski definition) is 6. The molecule has 0 aliphatic heterocycles. The van der Waals surface area contributed by atoms with E-state index in [2.05, 4.69) is 197 Å². The second kappa shape index (κ2) is 15.6. The van der Waals surface area contributed by atoms with Gasteiger partial charge in [0.05, 0.1) is 0 Å². The first-order valence-electron chi connectivity index (χ1n) is 21.4. The summed E-state index contributed by atoms with van der Waals surface area (Å²) in [7, 11) is 0. The van der Waals surface area contributed by atoms with Crippen LogP contribution in [-0.4, -0.2) is 0 Å². The second-order valence-corrected chi connectivity index (χ2v) is 29.2. The lowest BCUT2D eigenvalue weighted by Crippen LogP contribution is -2.08. The standard InChI is InChI=1S/C54H66S6/c1-49(2,3)37-25-19-31(55-37)43-44(32-20-26-38(56-32)50(4,5)6)46(34-22-28-40(58-34)52(10,11)12)48(36-24-30-42(60-36)54(16,17)18)47(35-23-29-41(59-35)53(13,14)15)45(43)33-21-27-39(57-33)51(7,8)9/h19-30H,1-18H3. The van der Waals surface area contributed by atoms with Crippen molar-refractivity contribution in [2.75, 3.05) is 0 Å². The lowest BCUT2D eigenvalue weighted by Gasteiger charge is -2.26. The van der Waals surface area contributed by atoms with Crippen LogP contribution in [0.1, 0.15) is 154 Å². The summed E-state index contributed by atoms with van der Waals surface area (Å²) in [5, 5.41) is 0. The molecule has 0 fully saturated rings. The molecule has 0 nitrogen and oxygen atoms in total. The van der Waals surface area contributed by atoms with Gasteiger partial charge in [0, 0.05) is 91.9 Å². The van der Waals surface area contributed by atoms with Gasteiger partial charge in [-0.25, -0.2) is 0 Å². The average Bonchev–Trinajstić information content (AvgIpc) is 3.95. The van der Waals surface area contributed by atoms with E-state index in [-0.39, 0.29) is 32.5 Å². The summed E-state index contributed by atoms with van der Waals surface area (Å²) < 4.78 is 0. The fourth-order valence-corrected chi connectivity index (χ4v) is 14.2. The van der Waals surface area contributed by atoms with Gasteiger partial charge in [-0.05, 0) is 105 Å². The molecule has 7 rings (SSSR count). The second-order valence-electron chi connectivity index (χ2n) is 22.7. The third-order valence-electron chi connectivity index (χ3n) is 11.0. The maximum Gasteiger partial charge on any atom is 0.0359 e. The van der Waals surface area contributed by atoms with Crippen LogP contribution in [0.2, 0.25) is 0 Å². The minimum absolute atomic E-state index is 0.0323. The van der Waals surface area contributed by atoms with Gasteiger partial charge < -0.3 is 0 Å². The molecular weight excluding hydrogens is 841 g/mol. The lowest BCUT2D eigenvalue weighted by atomic mass is 9.82. The third-order valence-corrected chi connectivity index (χ3v) is 20.2. The van der Waals surface area contributed by atoms with Crippen molar-refractivity contribution in [3.8, 4) is 62.6 Å². The highest BCUT2D eigenvalue weighted by Crippen LogP contribution is 2.61. The first-order chi connectivity index (χ1) is 27.5. The van der Waals surface area contributed by atoms with Crippen molar-refractivity contribution in [2.45, 2.75) is 157 Å². The molecule has 0 aliphatic carbocycles. The molecule has 6 aromatic heterocycles. The molecule has 0 spiro atoms. The number of rotatable bonds is 6. The Morgan fingerprint density at radius 3 is 0.400 bits per heavy atom. The van der Waals surface area contributed by atoms with E-state index >= 15 is 0 Å². The van der Waals surface area contributed by atoms with Crippen molar-refractivity contribution in [1.29, 1.82) is 0 Å². The largest absolute Gasteiger partial charge is 0.140 e. The zero-order chi connectivity index (χ0) is 44.1. The SMILES string of the molecule is CC(C)(C)c1ccc(-c2c(-c3ccc(C(C)(C)C)s3)c(-c3ccc(C(C)(C)C)s3)c(-c3ccc(C(C)(C)C)s3)c(-c3ccc(C(C)(C)C)s3)c2-c2ccc(C(C)(C)C)s2)s1. The van der Waals surface area contributed by atoms with Crippen molar-refractivity contribution >= 4 is 68.0 Å². The van der Waals surface area contributed by atoms with Crippen molar-refractivity contribution < 1.29 is 0 Å². The Balaban J connectivity index is 1.82. The Kier molecular flexibility index (Phi) is 11.8. The minimum atomic E-state index is 0.0323. The molecule has 0 atom stereocenters. The van der Waals surface area contributed by atoms with E-state index in [0.29, 0.717) is 0 Å². The van der Waals surface area contributed by atoms with Crippen LogP contribution in [0, 0.1) is 0 Å². The van der Waals surface area contributed by atoms with E-state index in [0.717, 1.165) is 0 Å². The predicted molar refractivity (Wildman–Crippen MR) is 279 cm³/mol. The van der Waals surface area contributed by atoms with Gasteiger partial charge in [0.25, 0.3) is 0 Å². The van der Waals surface area contributed by atoms with Gasteiger partial charge in [-0.2, -0.15) is 0 Å². The highest BCUT2D eigenvalue weighted by Gasteiger charge is 2.35. The van der Waals surface area contributed by atoms with Gasteiger partial charge in [-0.3, -0.25) is 0 Å². The Labute approximate surface area is 386 Å². The molecule has 6 heteroatoms. The quantitative estimate of drug-likeness (QED) is 0.156. The van der Waals surface area contributed by atoms with Crippen LogP contribution in [0.5, 0.6) is 0 Å². The monoisotopic (exact) mass is 906 g/mol. The van der Waals surface area contributed by atoms with E-state index in [1.54, 1.807) is 0 Å². The molecule has 0 bridgehead atoms. The van der Waals surface area contributed by atoms with Gasteiger partial charge in [-0.1, -0.05) is 125 Å². The van der Waals surface area contributed by atoms with Gasteiger partial charge in [-0.15, -0.1) is 68.0 Å². The summed E-state index contributed by atoms with van der Waals surface area (Å²) in [5.74, 6) is 0. The molecule has 60 heavy (non-hydrogen) atoms. The van der Waals surface area contributed by atoms with Crippen LogP contribution in [-0.2, 0) is 32.5 Å². The van der Waals surface area contributed by atoms with Crippen molar-refractivity contribution in [2.24, 2.45) is 0 Å². The van der Waals surface area contributed by atoms with Gasteiger partial charge in [0.15, 0.2) is 0 Å². The van der Waals surface area contributed by atoms with Gasteiger partial charge >= 0.3 is 0 Å². The molecule has 6 heterocycles. The fraction of sp³-hybridized carbons (Fsp3) is 0.444. The van der Waals surface area contributed by atoms with Crippen molar-refractivity contribution in [1.82, 2.24) is 0 Å². The zero-order valence-corrected chi connectivity index (χ0v) is 44.3. The molecular formula is C54H66S6. The summed E-state index contributed by atoms with van der Waals surface area (Å²) in [6, 6.07) is 29.1. The van der Waals surface area contributed by atoms with Crippen LogP contribution in [0.3, 0.4) is 0 Å². The molecule has 0 aliphatic rings.